The summed E-state index contributed by atoms with van der Waals surface area (Å²) in [7, 11) is -3.98. The van der Waals surface area contributed by atoms with E-state index in [2.05, 4.69) is 9.62 Å². The van der Waals surface area contributed by atoms with Crippen LogP contribution in [0.15, 0.2) is 77.7 Å². The number of benzene rings is 3. The summed E-state index contributed by atoms with van der Waals surface area (Å²) >= 11 is 5.94. The van der Waals surface area contributed by atoms with Crippen molar-refractivity contribution in [3.8, 4) is 0 Å². The molecule has 6 nitrogen and oxygen atoms in total. The third-order valence-electron chi connectivity index (χ3n) is 5.29. The summed E-state index contributed by atoms with van der Waals surface area (Å²) in [5.41, 5.74) is 1.32. The molecule has 0 unspecified atom stereocenters. The van der Waals surface area contributed by atoms with Crippen molar-refractivity contribution in [1.82, 2.24) is 4.90 Å². The lowest BCUT2D eigenvalue weighted by Gasteiger charge is -2.36. The first-order valence-corrected chi connectivity index (χ1v) is 11.9. The molecule has 3 aromatic rings. The number of para-hydroxylation sites is 1. The SMILES string of the molecule is O=C(c1ccc(S(=O)(=O)Nc2ccccc2F)cc1)N1CCN(c2ccc(Cl)cc2)CC1. The number of halogens is 2. The van der Waals surface area contributed by atoms with Gasteiger partial charge >= 0.3 is 0 Å². The highest BCUT2D eigenvalue weighted by Gasteiger charge is 2.23. The number of nitrogens with one attached hydrogen (secondary N) is 1. The van der Waals surface area contributed by atoms with Crippen molar-refractivity contribution >= 4 is 38.9 Å². The van der Waals surface area contributed by atoms with Crippen LogP contribution in [0, 0.1) is 5.82 Å². The second-order valence-corrected chi connectivity index (χ2v) is 9.48. The van der Waals surface area contributed by atoms with Crippen molar-refractivity contribution in [1.29, 1.82) is 0 Å². The van der Waals surface area contributed by atoms with Crippen molar-refractivity contribution < 1.29 is 17.6 Å². The third kappa shape index (κ3) is 4.87. The Labute approximate surface area is 191 Å². The maximum atomic E-state index is 13.8. The van der Waals surface area contributed by atoms with Crippen LogP contribution >= 0.6 is 11.6 Å². The monoisotopic (exact) mass is 473 g/mol. The fourth-order valence-corrected chi connectivity index (χ4v) is 4.72. The number of rotatable bonds is 5. The summed E-state index contributed by atoms with van der Waals surface area (Å²) in [4.78, 5) is 16.7. The summed E-state index contributed by atoms with van der Waals surface area (Å²) in [6.45, 7) is 2.48. The minimum atomic E-state index is -3.98. The molecule has 1 aliphatic heterocycles. The Morgan fingerprint density at radius 1 is 0.875 bits per heavy atom. The predicted molar refractivity (Wildman–Crippen MR) is 123 cm³/mol. The fraction of sp³-hybridized carbons (Fsp3) is 0.174. The molecule has 1 aliphatic rings. The number of hydrogen-bond acceptors (Lipinski definition) is 4. The van der Waals surface area contributed by atoms with E-state index in [4.69, 9.17) is 11.6 Å². The summed E-state index contributed by atoms with van der Waals surface area (Å²) in [6.07, 6.45) is 0. The van der Waals surface area contributed by atoms with E-state index in [0.29, 0.717) is 36.8 Å². The van der Waals surface area contributed by atoms with Gasteiger partial charge in [0.15, 0.2) is 0 Å². The van der Waals surface area contributed by atoms with Gasteiger partial charge in [0.25, 0.3) is 15.9 Å². The Hall–Kier alpha value is -3.10. The van der Waals surface area contributed by atoms with Crippen LogP contribution in [0.3, 0.4) is 0 Å². The highest BCUT2D eigenvalue weighted by atomic mass is 35.5. The Balaban J connectivity index is 1.40. The first-order chi connectivity index (χ1) is 15.3. The van der Waals surface area contributed by atoms with Crippen LogP contribution in [0.25, 0.3) is 0 Å². The first kappa shape index (κ1) is 22.1. The summed E-state index contributed by atoms with van der Waals surface area (Å²) < 4.78 is 41.1. The zero-order valence-electron chi connectivity index (χ0n) is 17.0. The van der Waals surface area contributed by atoms with Crippen molar-refractivity contribution in [2.75, 3.05) is 35.8 Å². The Morgan fingerprint density at radius 3 is 2.12 bits per heavy atom. The molecule has 0 atom stereocenters. The molecule has 3 aromatic carbocycles. The van der Waals surface area contributed by atoms with Crippen molar-refractivity contribution in [2.45, 2.75) is 4.90 Å². The van der Waals surface area contributed by atoms with Gasteiger partial charge < -0.3 is 9.80 Å². The molecule has 0 saturated carbocycles. The van der Waals surface area contributed by atoms with Crippen LogP contribution < -0.4 is 9.62 Å². The molecule has 4 rings (SSSR count). The molecule has 0 aromatic heterocycles. The van der Waals surface area contributed by atoms with Gasteiger partial charge in [-0.05, 0) is 60.7 Å². The van der Waals surface area contributed by atoms with Gasteiger partial charge in [-0.1, -0.05) is 23.7 Å². The molecular formula is C23H21ClFN3O3S. The summed E-state index contributed by atoms with van der Waals surface area (Å²) in [5.74, 6) is -0.826. The molecule has 166 valence electrons. The molecular weight excluding hydrogens is 453 g/mol. The molecule has 1 heterocycles. The van der Waals surface area contributed by atoms with Crippen LogP contribution in [0.1, 0.15) is 10.4 Å². The third-order valence-corrected chi connectivity index (χ3v) is 6.92. The van der Waals surface area contributed by atoms with Crippen LogP contribution in [0.4, 0.5) is 15.8 Å². The average molecular weight is 474 g/mol. The molecule has 0 radical (unpaired) electrons. The van der Waals surface area contributed by atoms with E-state index in [1.807, 2.05) is 24.3 Å². The van der Waals surface area contributed by atoms with Crippen LogP contribution in [-0.2, 0) is 10.0 Å². The predicted octanol–water partition coefficient (Wildman–Crippen LogP) is 4.24. The van der Waals surface area contributed by atoms with E-state index < -0.39 is 15.8 Å². The zero-order chi connectivity index (χ0) is 22.7. The lowest BCUT2D eigenvalue weighted by atomic mass is 10.1. The Morgan fingerprint density at radius 2 is 1.50 bits per heavy atom. The van der Waals surface area contributed by atoms with Gasteiger partial charge in [0.1, 0.15) is 5.82 Å². The minimum Gasteiger partial charge on any atom is -0.368 e. The smallest absolute Gasteiger partial charge is 0.261 e. The van der Waals surface area contributed by atoms with Gasteiger partial charge in [-0.2, -0.15) is 0 Å². The number of anilines is 2. The lowest BCUT2D eigenvalue weighted by Crippen LogP contribution is -2.48. The molecule has 1 N–H and O–H groups in total. The van der Waals surface area contributed by atoms with E-state index in [0.717, 1.165) is 5.69 Å². The standard InChI is InChI=1S/C23H21ClFN3O3S/c24-18-7-9-19(10-8-18)27-13-15-28(16-14-27)23(29)17-5-11-20(12-6-17)32(30,31)26-22-4-2-1-3-21(22)25/h1-12,26H,13-16H2. The number of amides is 1. The van der Waals surface area contributed by atoms with E-state index in [-0.39, 0.29) is 16.5 Å². The zero-order valence-corrected chi connectivity index (χ0v) is 18.6. The van der Waals surface area contributed by atoms with E-state index >= 15 is 0 Å². The number of hydrogen-bond donors (Lipinski definition) is 1. The van der Waals surface area contributed by atoms with Gasteiger partial charge in [-0.3, -0.25) is 9.52 Å². The minimum absolute atomic E-state index is 0.0511. The van der Waals surface area contributed by atoms with Gasteiger partial charge in [-0.25, -0.2) is 12.8 Å². The number of carbonyl (C=O) groups excluding carboxylic acids is 1. The second-order valence-electron chi connectivity index (χ2n) is 7.37. The number of nitrogens with zero attached hydrogens (tertiary/aromatic N) is 2. The summed E-state index contributed by atoms with van der Waals surface area (Å²) in [6, 6.07) is 18.8. The largest absolute Gasteiger partial charge is 0.368 e. The van der Waals surface area contributed by atoms with E-state index in [1.165, 1.54) is 48.5 Å². The molecule has 0 aliphatic carbocycles. The van der Waals surface area contributed by atoms with Crippen LogP contribution in [0.2, 0.25) is 5.02 Å². The van der Waals surface area contributed by atoms with Crippen LogP contribution in [-0.4, -0.2) is 45.4 Å². The molecule has 1 fully saturated rings. The number of carbonyl (C=O) groups is 1. The lowest BCUT2D eigenvalue weighted by molar-refractivity contribution is 0.0746. The normalized spacial score (nSPS) is 14.3. The Bertz CT molecular complexity index is 1210. The van der Waals surface area contributed by atoms with Gasteiger partial charge in [0.2, 0.25) is 0 Å². The maximum Gasteiger partial charge on any atom is 0.261 e. The topological polar surface area (TPSA) is 69.7 Å². The van der Waals surface area contributed by atoms with Gasteiger partial charge in [0, 0.05) is 42.5 Å². The highest BCUT2D eigenvalue weighted by Crippen LogP contribution is 2.22. The van der Waals surface area contributed by atoms with Crippen molar-refractivity contribution in [3.63, 3.8) is 0 Å². The number of sulfonamides is 1. The fourth-order valence-electron chi connectivity index (χ4n) is 3.53. The Kier molecular flexibility index (Phi) is 6.34. The molecule has 9 heteroatoms. The van der Waals surface area contributed by atoms with Crippen LogP contribution in [0.5, 0.6) is 0 Å². The van der Waals surface area contributed by atoms with Gasteiger partial charge in [-0.15, -0.1) is 0 Å². The van der Waals surface area contributed by atoms with Crippen molar-refractivity contribution in [3.05, 3.63) is 89.2 Å². The highest BCUT2D eigenvalue weighted by molar-refractivity contribution is 7.92. The van der Waals surface area contributed by atoms with E-state index in [1.54, 1.807) is 4.90 Å². The van der Waals surface area contributed by atoms with Crippen molar-refractivity contribution in [2.24, 2.45) is 0 Å². The quantitative estimate of drug-likeness (QED) is 0.601. The second kappa shape index (κ2) is 9.18. The molecule has 32 heavy (non-hydrogen) atoms. The molecule has 0 bridgehead atoms. The molecule has 0 spiro atoms. The molecule has 1 saturated heterocycles. The first-order valence-electron chi connectivity index (χ1n) is 10.0. The summed E-state index contributed by atoms with van der Waals surface area (Å²) in [5, 5.41) is 0.678. The van der Waals surface area contributed by atoms with E-state index in [9.17, 15) is 17.6 Å². The maximum absolute atomic E-state index is 13.8. The molecule has 1 amide bonds. The van der Waals surface area contributed by atoms with Gasteiger partial charge in [0.05, 0.1) is 10.6 Å². The number of piperazine rings is 1. The average Bonchev–Trinajstić information content (AvgIpc) is 2.81.